The van der Waals surface area contributed by atoms with E-state index in [1.165, 1.54) is 4.31 Å². The number of hydrogen-bond acceptors (Lipinski definition) is 4. The molecule has 3 rings (SSSR count). The first-order valence-electron chi connectivity index (χ1n) is 7.63. The van der Waals surface area contributed by atoms with Gasteiger partial charge in [-0.2, -0.15) is 0 Å². The Kier molecular flexibility index (Phi) is 4.10. The molecule has 2 heterocycles. The summed E-state index contributed by atoms with van der Waals surface area (Å²) in [5.74, 6) is 0.131. The quantitative estimate of drug-likeness (QED) is 0.877. The van der Waals surface area contributed by atoms with Crippen LogP contribution in [-0.2, 0) is 14.8 Å². The van der Waals surface area contributed by atoms with E-state index < -0.39 is 10.0 Å². The smallest absolute Gasteiger partial charge is 0.241 e. The summed E-state index contributed by atoms with van der Waals surface area (Å²) in [4.78, 5) is 12.2. The molecule has 0 saturated carbocycles. The number of carbonyl (C=O) groups is 1. The second-order valence-electron chi connectivity index (χ2n) is 5.88. The Morgan fingerprint density at radius 2 is 2.18 bits per heavy atom. The molecule has 1 aromatic rings. The van der Waals surface area contributed by atoms with Crippen LogP contribution in [0.1, 0.15) is 24.8 Å². The number of hydrogen-bond donors (Lipinski definition) is 2. The van der Waals surface area contributed by atoms with Crippen LogP contribution in [0.15, 0.2) is 18.2 Å². The van der Waals surface area contributed by atoms with Crippen molar-refractivity contribution in [1.82, 2.24) is 5.32 Å². The molecule has 0 aliphatic carbocycles. The summed E-state index contributed by atoms with van der Waals surface area (Å²) in [5, 5.41) is 6.03. The second kappa shape index (κ2) is 5.89. The van der Waals surface area contributed by atoms with E-state index in [4.69, 9.17) is 0 Å². The minimum Gasteiger partial charge on any atom is -0.325 e. The molecule has 1 atom stereocenters. The molecule has 2 fully saturated rings. The summed E-state index contributed by atoms with van der Waals surface area (Å²) >= 11 is 0. The maximum atomic E-state index is 12.2. The van der Waals surface area contributed by atoms with Crippen LogP contribution in [0.4, 0.5) is 11.4 Å². The van der Waals surface area contributed by atoms with Gasteiger partial charge in [0.05, 0.1) is 17.5 Å². The minimum absolute atomic E-state index is 0.0587. The number of carbonyl (C=O) groups excluding carboxylic acids is 1. The third-order valence-electron chi connectivity index (χ3n) is 4.22. The van der Waals surface area contributed by atoms with Gasteiger partial charge in [0, 0.05) is 12.2 Å². The van der Waals surface area contributed by atoms with Gasteiger partial charge in [-0.1, -0.05) is 6.07 Å². The highest BCUT2D eigenvalue weighted by molar-refractivity contribution is 7.93. The van der Waals surface area contributed by atoms with Crippen LogP contribution in [0.25, 0.3) is 0 Å². The van der Waals surface area contributed by atoms with E-state index in [0.29, 0.717) is 24.3 Å². The van der Waals surface area contributed by atoms with E-state index in [1.807, 2.05) is 19.1 Å². The molecule has 22 heavy (non-hydrogen) atoms. The number of nitrogens with zero attached hydrogens (tertiary/aromatic N) is 1. The first-order valence-corrected chi connectivity index (χ1v) is 9.23. The van der Waals surface area contributed by atoms with Crippen LogP contribution >= 0.6 is 0 Å². The topological polar surface area (TPSA) is 78.5 Å². The van der Waals surface area contributed by atoms with Crippen molar-refractivity contribution >= 4 is 27.3 Å². The van der Waals surface area contributed by atoms with Gasteiger partial charge in [0.15, 0.2) is 0 Å². The van der Waals surface area contributed by atoms with Crippen LogP contribution in [0, 0.1) is 6.92 Å². The van der Waals surface area contributed by atoms with Gasteiger partial charge in [-0.25, -0.2) is 8.42 Å². The first-order chi connectivity index (χ1) is 10.5. The van der Waals surface area contributed by atoms with Crippen molar-refractivity contribution in [1.29, 1.82) is 0 Å². The van der Waals surface area contributed by atoms with E-state index in [2.05, 4.69) is 10.6 Å². The van der Waals surface area contributed by atoms with Gasteiger partial charge in [0.1, 0.15) is 0 Å². The Morgan fingerprint density at radius 3 is 2.82 bits per heavy atom. The molecular formula is C15H21N3O3S. The van der Waals surface area contributed by atoms with Crippen LogP contribution < -0.4 is 14.9 Å². The number of anilines is 2. The van der Waals surface area contributed by atoms with Crippen molar-refractivity contribution in [2.24, 2.45) is 0 Å². The summed E-state index contributed by atoms with van der Waals surface area (Å²) < 4.78 is 25.6. The molecule has 1 amide bonds. The van der Waals surface area contributed by atoms with E-state index in [-0.39, 0.29) is 17.7 Å². The third-order valence-corrected chi connectivity index (χ3v) is 6.08. The van der Waals surface area contributed by atoms with Gasteiger partial charge in [-0.05, 0) is 50.4 Å². The van der Waals surface area contributed by atoms with E-state index >= 15 is 0 Å². The molecule has 2 aliphatic heterocycles. The molecule has 1 unspecified atom stereocenters. The number of aryl methyl sites for hydroxylation is 1. The van der Waals surface area contributed by atoms with E-state index in [0.717, 1.165) is 24.9 Å². The molecule has 0 radical (unpaired) electrons. The highest BCUT2D eigenvalue weighted by Gasteiger charge is 2.30. The standard InChI is InChI=1S/C15H21N3O3S/c1-11-5-6-12(17-15(19)13-4-2-7-16-13)10-14(11)18-8-3-9-22(18,20)21/h5-6,10,13,16H,2-4,7-9H2,1H3,(H,17,19). The molecule has 2 N–H and O–H groups in total. The molecule has 1 aromatic carbocycles. The lowest BCUT2D eigenvalue weighted by Crippen LogP contribution is -2.35. The molecule has 2 aliphatic rings. The molecule has 0 spiro atoms. The Balaban J connectivity index is 1.82. The Morgan fingerprint density at radius 1 is 1.36 bits per heavy atom. The lowest BCUT2D eigenvalue weighted by atomic mass is 10.1. The van der Waals surface area contributed by atoms with Gasteiger partial charge in [0.2, 0.25) is 15.9 Å². The predicted octanol–water partition coefficient (Wildman–Crippen LogP) is 1.23. The summed E-state index contributed by atoms with van der Waals surface area (Å²) in [7, 11) is -3.22. The van der Waals surface area contributed by atoms with Gasteiger partial charge < -0.3 is 10.6 Å². The maximum Gasteiger partial charge on any atom is 0.241 e. The molecule has 2 saturated heterocycles. The fraction of sp³-hybridized carbons (Fsp3) is 0.533. The van der Waals surface area contributed by atoms with Crippen LogP contribution in [0.5, 0.6) is 0 Å². The molecule has 0 aromatic heterocycles. The second-order valence-corrected chi connectivity index (χ2v) is 7.89. The number of rotatable bonds is 3. The van der Waals surface area contributed by atoms with Crippen molar-refractivity contribution in [3.8, 4) is 0 Å². The van der Waals surface area contributed by atoms with Crippen molar-refractivity contribution in [3.05, 3.63) is 23.8 Å². The lowest BCUT2D eigenvalue weighted by molar-refractivity contribution is -0.117. The normalized spacial score (nSPS) is 23.7. The Labute approximate surface area is 130 Å². The third kappa shape index (κ3) is 2.96. The average Bonchev–Trinajstić information content (AvgIpc) is 3.10. The minimum atomic E-state index is -3.22. The highest BCUT2D eigenvalue weighted by Crippen LogP contribution is 2.30. The fourth-order valence-electron chi connectivity index (χ4n) is 3.00. The maximum absolute atomic E-state index is 12.2. The fourth-order valence-corrected chi connectivity index (χ4v) is 4.62. The SMILES string of the molecule is Cc1ccc(NC(=O)C2CCCN2)cc1N1CCCS1(=O)=O. The number of nitrogens with one attached hydrogen (secondary N) is 2. The first kappa shape index (κ1) is 15.3. The van der Waals surface area contributed by atoms with Gasteiger partial charge in [-0.15, -0.1) is 0 Å². The highest BCUT2D eigenvalue weighted by atomic mass is 32.2. The summed E-state index contributed by atoms with van der Waals surface area (Å²) in [6.07, 6.45) is 2.48. The van der Waals surface area contributed by atoms with Crippen LogP contribution in [-0.4, -0.2) is 39.2 Å². The van der Waals surface area contributed by atoms with E-state index in [1.54, 1.807) is 6.07 Å². The zero-order chi connectivity index (χ0) is 15.7. The molecule has 7 heteroatoms. The van der Waals surface area contributed by atoms with Crippen molar-refractivity contribution in [2.75, 3.05) is 28.5 Å². The van der Waals surface area contributed by atoms with E-state index in [9.17, 15) is 13.2 Å². The van der Waals surface area contributed by atoms with Crippen molar-refractivity contribution < 1.29 is 13.2 Å². The van der Waals surface area contributed by atoms with Crippen molar-refractivity contribution in [3.63, 3.8) is 0 Å². The van der Waals surface area contributed by atoms with Gasteiger partial charge in [0.25, 0.3) is 0 Å². The molecule has 0 bridgehead atoms. The zero-order valence-electron chi connectivity index (χ0n) is 12.6. The molecule has 6 nitrogen and oxygen atoms in total. The lowest BCUT2D eigenvalue weighted by Gasteiger charge is -2.20. The average molecular weight is 323 g/mol. The Hall–Kier alpha value is -1.60. The summed E-state index contributed by atoms with van der Waals surface area (Å²) in [6.45, 7) is 3.25. The zero-order valence-corrected chi connectivity index (χ0v) is 13.4. The molecule has 120 valence electrons. The number of amides is 1. The summed E-state index contributed by atoms with van der Waals surface area (Å²) in [6, 6.07) is 5.26. The van der Waals surface area contributed by atoms with Gasteiger partial charge >= 0.3 is 0 Å². The summed E-state index contributed by atoms with van der Waals surface area (Å²) in [5.41, 5.74) is 2.19. The number of sulfonamides is 1. The van der Waals surface area contributed by atoms with Crippen LogP contribution in [0.2, 0.25) is 0 Å². The monoisotopic (exact) mass is 323 g/mol. The van der Waals surface area contributed by atoms with Gasteiger partial charge in [-0.3, -0.25) is 9.10 Å². The van der Waals surface area contributed by atoms with Crippen molar-refractivity contribution in [2.45, 2.75) is 32.2 Å². The largest absolute Gasteiger partial charge is 0.325 e. The predicted molar refractivity (Wildman–Crippen MR) is 86.6 cm³/mol. The molecular weight excluding hydrogens is 302 g/mol. The Bertz CT molecular complexity index is 681. The number of benzene rings is 1. The van der Waals surface area contributed by atoms with Crippen LogP contribution in [0.3, 0.4) is 0 Å².